The summed E-state index contributed by atoms with van der Waals surface area (Å²) < 4.78 is 5.20. The maximum Gasteiger partial charge on any atom is 0.272 e. The quantitative estimate of drug-likeness (QED) is 0.173. The van der Waals surface area contributed by atoms with Crippen LogP contribution >= 0.6 is 23.4 Å². The molecule has 0 radical (unpaired) electrons. The molecule has 4 aromatic carbocycles. The Labute approximate surface area is 257 Å². The molecule has 0 aromatic heterocycles. The predicted octanol–water partition coefficient (Wildman–Crippen LogP) is 6.18. The van der Waals surface area contributed by atoms with Crippen LogP contribution in [-0.2, 0) is 14.4 Å². The lowest BCUT2D eigenvalue weighted by Gasteiger charge is -2.15. The molecule has 10 heteroatoms. The van der Waals surface area contributed by atoms with Crippen LogP contribution in [0.5, 0.6) is 5.75 Å². The van der Waals surface area contributed by atoms with Crippen molar-refractivity contribution in [3.05, 3.63) is 125 Å². The summed E-state index contributed by atoms with van der Waals surface area (Å²) in [6.45, 7) is 0. The molecule has 0 saturated carbocycles. The summed E-state index contributed by atoms with van der Waals surface area (Å²) in [5.74, 6) is -0.850. The van der Waals surface area contributed by atoms with Crippen molar-refractivity contribution in [2.45, 2.75) is 16.6 Å². The molecular weight excluding hydrogens is 586 g/mol. The lowest BCUT2D eigenvalue weighted by atomic mass is 10.1. The van der Waals surface area contributed by atoms with E-state index in [4.69, 9.17) is 16.3 Å². The second-order valence-corrected chi connectivity index (χ2v) is 11.2. The number of carbonyl (C=O) groups is 4. The number of thioether (sulfide) groups is 1. The van der Waals surface area contributed by atoms with Crippen LogP contribution in [0, 0.1) is 0 Å². The van der Waals surface area contributed by atoms with Crippen LogP contribution in [0.1, 0.15) is 22.3 Å². The van der Waals surface area contributed by atoms with E-state index < -0.39 is 17.1 Å². The minimum atomic E-state index is -0.573. The number of benzene rings is 4. The third-order valence-corrected chi connectivity index (χ3v) is 7.99. The van der Waals surface area contributed by atoms with Gasteiger partial charge in [-0.2, -0.15) is 0 Å². The average Bonchev–Trinajstić information content (AvgIpc) is 3.30. The second kappa shape index (κ2) is 13.4. The van der Waals surface area contributed by atoms with Crippen LogP contribution < -0.4 is 20.3 Å². The molecule has 8 nitrogen and oxygen atoms in total. The Balaban J connectivity index is 1.28. The summed E-state index contributed by atoms with van der Waals surface area (Å²) in [6, 6.07) is 29.1. The standard InChI is InChI=1S/C33H26ClN3O5S/c1-42-26-15-7-21(8-16-26)19-28(36-31(39)22-5-3-2-4-6-22)32(40)35-24-11-17-27(18-12-24)43-29-20-30(38)37(33(29)41)25-13-9-23(34)10-14-25/h2-19,29H,20H2,1H3,(H,35,40)(H,36,39)/b28-19-. The van der Waals surface area contributed by atoms with E-state index in [2.05, 4.69) is 10.6 Å². The number of halogens is 1. The van der Waals surface area contributed by atoms with Crippen LogP contribution in [0.25, 0.3) is 6.08 Å². The molecule has 1 aliphatic rings. The molecule has 0 bridgehead atoms. The minimum absolute atomic E-state index is 0.0508. The number of nitrogens with one attached hydrogen (secondary N) is 2. The molecule has 1 aliphatic heterocycles. The van der Waals surface area contributed by atoms with Crippen molar-refractivity contribution in [1.29, 1.82) is 0 Å². The van der Waals surface area contributed by atoms with E-state index in [0.29, 0.717) is 33.3 Å². The predicted molar refractivity (Wildman–Crippen MR) is 168 cm³/mol. The number of ether oxygens (including phenoxy) is 1. The molecule has 1 fully saturated rings. The van der Waals surface area contributed by atoms with Crippen LogP contribution in [0.3, 0.4) is 0 Å². The van der Waals surface area contributed by atoms with Gasteiger partial charge in [-0.15, -0.1) is 11.8 Å². The van der Waals surface area contributed by atoms with Gasteiger partial charge < -0.3 is 15.4 Å². The summed E-state index contributed by atoms with van der Waals surface area (Å²) in [7, 11) is 1.56. The molecule has 1 atom stereocenters. The Bertz CT molecular complexity index is 1670. The summed E-state index contributed by atoms with van der Waals surface area (Å²) in [6.07, 6.45) is 1.65. The highest BCUT2D eigenvalue weighted by Crippen LogP contribution is 2.34. The zero-order chi connectivity index (χ0) is 30.3. The Morgan fingerprint density at radius 1 is 0.907 bits per heavy atom. The first-order valence-corrected chi connectivity index (χ1v) is 14.5. The topological polar surface area (TPSA) is 105 Å². The Morgan fingerprint density at radius 2 is 1.58 bits per heavy atom. The molecular formula is C33H26ClN3O5S. The molecule has 1 saturated heterocycles. The van der Waals surface area contributed by atoms with Crippen LogP contribution in [0.4, 0.5) is 11.4 Å². The largest absolute Gasteiger partial charge is 0.497 e. The monoisotopic (exact) mass is 611 g/mol. The molecule has 1 unspecified atom stereocenters. The van der Waals surface area contributed by atoms with E-state index in [9.17, 15) is 19.2 Å². The third kappa shape index (κ3) is 7.32. The summed E-state index contributed by atoms with van der Waals surface area (Å²) >= 11 is 7.22. The fraction of sp³-hybridized carbons (Fsp3) is 0.0909. The first kappa shape index (κ1) is 29.6. The van der Waals surface area contributed by atoms with E-state index in [0.717, 1.165) is 4.90 Å². The van der Waals surface area contributed by atoms with Crippen molar-refractivity contribution >= 4 is 64.4 Å². The Kier molecular flexibility index (Phi) is 9.24. The van der Waals surface area contributed by atoms with Crippen LogP contribution in [-0.4, -0.2) is 36.0 Å². The van der Waals surface area contributed by atoms with Crippen molar-refractivity contribution in [3.8, 4) is 5.75 Å². The molecule has 216 valence electrons. The van der Waals surface area contributed by atoms with Gasteiger partial charge in [0.25, 0.3) is 11.8 Å². The van der Waals surface area contributed by atoms with Gasteiger partial charge in [-0.05, 0) is 84.4 Å². The Hall–Kier alpha value is -4.86. The fourth-order valence-electron chi connectivity index (χ4n) is 4.35. The minimum Gasteiger partial charge on any atom is -0.497 e. The number of carbonyl (C=O) groups excluding carboxylic acids is 4. The molecule has 2 N–H and O–H groups in total. The Morgan fingerprint density at radius 3 is 2.23 bits per heavy atom. The lowest BCUT2D eigenvalue weighted by molar-refractivity contribution is -0.121. The first-order chi connectivity index (χ1) is 20.8. The highest BCUT2D eigenvalue weighted by atomic mass is 35.5. The highest BCUT2D eigenvalue weighted by Gasteiger charge is 2.40. The molecule has 0 aliphatic carbocycles. The van der Waals surface area contributed by atoms with Crippen molar-refractivity contribution in [3.63, 3.8) is 0 Å². The zero-order valence-electron chi connectivity index (χ0n) is 23.0. The number of nitrogens with zero attached hydrogens (tertiary/aromatic N) is 1. The molecule has 1 heterocycles. The number of anilines is 2. The first-order valence-electron chi connectivity index (χ1n) is 13.2. The number of imide groups is 1. The third-order valence-electron chi connectivity index (χ3n) is 6.54. The van der Waals surface area contributed by atoms with Gasteiger partial charge in [0.05, 0.1) is 18.0 Å². The summed E-state index contributed by atoms with van der Waals surface area (Å²) in [4.78, 5) is 53.8. The number of methoxy groups -OCH3 is 1. The fourth-order valence-corrected chi connectivity index (χ4v) is 5.53. The van der Waals surface area contributed by atoms with Gasteiger partial charge in [-0.25, -0.2) is 4.90 Å². The normalized spacial score (nSPS) is 14.9. The van der Waals surface area contributed by atoms with E-state index in [1.807, 2.05) is 0 Å². The van der Waals surface area contributed by atoms with Crippen LogP contribution in [0.2, 0.25) is 5.02 Å². The maximum atomic E-state index is 13.3. The molecule has 0 spiro atoms. The molecule has 5 rings (SSSR count). The number of amides is 4. The van der Waals surface area contributed by atoms with Gasteiger partial charge in [-0.1, -0.05) is 41.9 Å². The van der Waals surface area contributed by atoms with Gasteiger partial charge in [0.1, 0.15) is 11.4 Å². The molecule has 43 heavy (non-hydrogen) atoms. The van der Waals surface area contributed by atoms with Gasteiger partial charge in [0, 0.05) is 27.6 Å². The van der Waals surface area contributed by atoms with E-state index in [1.165, 1.54) is 16.7 Å². The van der Waals surface area contributed by atoms with Gasteiger partial charge in [0.15, 0.2) is 0 Å². The van der Waals surface area contributed by atoms with Gasteiger partial charge >= 0.3 is 0 Å². The van der Waals surface area contributed by atoms with E-state index in [1.54, 1.807) is 116 Å². The summed E-state index contributed by atoms with van der Waals surface area (Å²) in [5.41, 5.74) is 2.12. The van der Waals surface area contributed by atoms with Gasteiger partial charge in [-0.3, -0.25) is 19.2 Å². The van der Waals surface area contributed by atoms with Crippen molar-refractivity contribution in [2.24, 2.45) is 0 Å². The molecule has 4 aromatic rings. The SMILES string of the molecule is COc1ccc(/C=C(\NC(=O)c2ccccc2)C(=O)Nc2ccc(SC3CC(=O)N(c4ccc(Cl)cc4)C3=O)cc2)cc1. The van der Waals surface area contributed by atoms with Crippen molar-refractivity contribution in [2.75, 3.05) is 17.3 Å². The number of hydrogen-bond donors (Lipinski definition) is 2. The lowest BCUT2D eigenvalue weighted by Crippen LogP contribution is -2.31. The molecule has 4 amide bonds. The van der Waals surface area contributed by atoms with Crippen LogP contribution in [0.15, 0.2) is 114 Å². The second-order valence-electron chi connectivity index (χ2n) is 9.48. The van der Waals surface area contributed by atoms with E-state index in [-0.39, 0.29) is 23.9 Å². The zero-order valence-corrected chi connectivity index (χ0v) is 24.5. The van der Waals surface area contributed by atoms with Crippen molar-refractivity contribution < 1.29 is 23.9 Å². The average molecular weight is 612 g/mol. The summed E-state index contributed by atoms with van der Waals surface area (Å²) in [5, 5.41) is 5.47. The maximum absolute atomic E-state index is 13.3. The highest BCUT2D eigenvalue weighted by molar-refractivity contribution is 8.00. The smallest absolute Gasteiger partial charge is 0.272 e. The number of hydrogen-bond acceptors (Lipinski definition) is 6. The van der Waals surface area contributed by atoms with E-state index >= 15 is 0 Å². The van der Waals surface area contributed by atoms with Crippen molar-refractivity contribution in [1.82, 2.24) is 5.32 Å². The number of rotatable bonds is 9. The van der Waals surface area contributed by atoms with Gasteiger partial charge in [0.2, 0.25) is 11.8 Å².